The molecule has 0 N–H and O–H groups in total. The number of sulfonamides is 1. The summed E-state index contributed by atoms with van der Waals surface area (Å²) in [6, 6.07) is 16.7. The van der Waals surface area contributed by atoms with Gasteiger partial charge in [0.15, 0.2) is 0 Å². The van der Waals surface area contributed by atoms with Crippen molar-refractivity contribution in [3.8, 4) is 5.75 Å². The molecule has 184 valence electrons. The number of ether oxygens (including phenoxy) is 1. The van der Waals surface area contributed by atoms with Gasteiger partial charge < -0.3 is 9.64 Å². The van der Waals surface area contributed by atoms with Gasteiger partial charge in [0.1, 0.15) is 5.75 Å². The normalized spacial score (nSPS) is 21.9. The monoisotopic (exact) mass is 484 g/mol. The van der Waals surface area contributed by atoms with E-state index in [1.165, 1.54) is 0 Å². The number of hydrogen-bond donors (Lipinski definition) is 0. The number of amides is 1. The minimum atomic E-state index is -3.65. The number of aryl methyl sites for hydroxylation is 1. The maximum Gasteiger partial charge on any atom is 0.243 e. The lowest BCUT2D eigenvalue weighted by Crippen LogP contribution is -2.51. The van der Waals surface area contributed by atoms with Crippen molar-refractivity contribution in [1.29, 1.82) is 0 Å². The molecule has 0 aliphatic carbocycles. The second kappa shape index (κ2) is 10.9. The van der Waals surface area contributed by atoms with Crippen LogP contribution in [0.3, 0.4) is 0 Å². The standard InChI is InChI=1S/C27H36N2O4S/c1-2-23-12-14-25(15-13-23)34(31,32)29-19-9-16-27(21-29,22-33-24-10-5-3-6-11-24)20-26(30)28-17-7-4-8-18-28/h3,5-6,10-15H,2,4,7-9,16-22H2,1H3/t27-/m0/s1. The molecule has 1 atom stereocenters. The first-order valence-electron chi connectivity index (χ1n) is 12.5. The Morgan fingerprint density at radius 1 is 0.941 bits per heavy atom. The summed E-state index contributed by atoms with van der Waals surface area (Å²) in [6.07, 6.45) is 5.87. The summed E-state index contributed by atoms with van der Waals surface area (Å²) in [5.74, 6) is 0.852. The van der Waals surface area contributed by atoms with Crippen LogP contribution in [0.1, 0.15) is 51.0 Å². The zero-order chi connectivity index (χ0) is 24.0. The van der Waals surface area contributed by atoms with Gasteiger partial charge in [0.25, 0.3) is 0 Å². The average molecular weight is 485 g/mol. The fourth-order valence-corrected chi connectivity index (χ4v) is 6.65. The number of carbonyl (C=O) groups excluding carboxylic acids is 1. The Balaban J connectivity index is 1.56. The molecule has 2 aliphatic heterocycles. The van der Waals surface area contributed by atoms with Crippen molar-refractivity contribution in [3.63, 3.8) is 0 Å². The summed E-state index contributed by atoms with van der Waals surface area (Å²) < 4.78 is 34.8. The molecular formula is C27H36N2O4S. The second-order valence-corrected chi connectivity index (χ2v) is 11.6. The largest absolute Gasteiger partial charge is 0.493 e. The van der Waals surface area contributed by atoms with Gasteiger partial charge in [0, 0.05) is 38.0 Å². The molecule has 2 saturated heterocycles. The van der Waals surface area contributed by atoms with Crippen molar-refractivity contribution >= 4 is 15.9 Å². The van der Waals surface area contributed by atoms with E-state index in [9.17, 15) is 13.2 Å². The van der Waals surface area contributed by atoms with Crippen LogP contribution in [0.25, 0.3) is 0 Å². The van der Waals surface area contributed by atoms with Crippen LogP contribution in [0, 0.1) is 5.41 Å². The first kappa shape index (κ1) is 24.7. The Labute approximate surface area is 204 Å². The van der Waals surface area contributed by atoms with Crippen LogP contribution in [0.15, 0.2) is 59.5 Å². The van der Waals surface area contributed by atoms with Crippen molar-refractivity contribution in [2.75, 3.05) is 32.8 Å². The molecular weight excluding hydrogens is 448 g/mol. The number of para-hydroxylation sites is 1. The molecule has 2 aromatic carbocycles. The van der Waals surface area contributed by atoms with Gasteiger partial charge in [-0.05, 0) is 68.4 Å². The van der Waals surface area contributed by atoms with Gasteiger partial charge in [-0.25, -0.2) is 8.42 Å². The SMILES string of the molecule is CCc1ccc(S(=O)(=O)N2CCC[C@](COc3ccccc3)(CC(=O)N3CCCCC3)C2)cc1. The van der Waals surface area contributed by atoms with Crippen molar-refractivity contribution in [2.24, 2.45) is 5.41 Å². The summed E-state index contributed by atoms with van der Waals surface area (Å²) in [7, 11) is -3.65. The predicted molar refractivity (Wildman–Crippen MR) is 133 cm³/mol. The molecule has 2 aliphatic rings. The van der Waals surface area contributed by atoms with Crippen molar-refractivity contribution in [1.82, 2.24) is 9.21 Å². The third kappa shape index (κ3) is 5.81. The lowest BCUT2D eigenvalue weighted by molar-refractivity contribution is -0.136. The molecule has 0 saturated carbocycles. The number of hydrogen-bond acceptors (Lipinski definition) is 4. The highest BCUT2D eigenvalue weighted by Crippen LogP contribution is 2.37. The Hall–Kier alpha value is -2.38. The van der Waals surface area contributed by atoms with Crippen LogP contribution in [0.5, 0.6) is 5.75 Å². The topological polar surface area (TPSA) is 66.9 Å². The maximum absolute atomic E-state index is 13.5. The highest BCUT2D eigenvalue weighted by Gasteiger charge is 2.43. The molecule has 0 bridgehead atoms. The number of benzene rings is 2. The molecule has 1 amide bonds. The Bertz CT molecular complexity index is 1050. The highest BCUT2D eigenvalue weighted by molar-refractivity contribution is 7.89. The van der Waals surface area contributed by atoms with E-state index in [2.05, 4.69) is 6.92 Å². The van der Waals surface area contributed by atoms with E-state index < -0.39 is 15.4 Å². The molecule has 0 radical (unpaired) electrons. The second-order valence-electron chi connectivity index (χ2n) is 9.66. The third-order valence-electron chi connectivity index (χ3n) is 7.12. The van der Waals surface area contributed by atoms with E-state index in [4.69, 9.17) is 4.74 Å². The summed E-state index contributed by atoms with van der Waals surface area (Å²) >= 11 is 0. The molecule has 7 heteroatoms. The van der Waals surface area contributed by atoms with Gasteiger partial charge in [-0.2, -0.15) is 4.31 Å². The molecule has 0 unspecified atom stereocenters. The van der Waals surface area contributed by atoms with Crippen LogP contribution in [0.2, 0.25) is 0 Å². The minimum absolute atomic E-state index is 0.114. The summed E-state index contributed by atoms with van der Waals surface area (Å²) in [6.45, 7) is 4.70. The van der Waals surface area contributed by atoms with Crippen LogP contribution < -0.4 is 4.74 Å². The molecule has 2 aromatic rings. The third-order valence-corrected chi connectivity index (χ3v) is 8.98. The summed E-state index contributed by atoms with van der Waals surface area (Å²) in [5, 5.41) is 0. The minimum Gasteiger partial charge on any atom is -0.493 e. The molecule has 2 heterocycles. The number of carbonyl (C=O) groups is 1. The fraction of sp³-hybridized carbons (Fsp3) is 0.519. The fourth-order valence-electron chi connectivity index (χ4n) is 5.06. The van der Waals surface area contributed by atoms with Crippen molar-refractivity contribution in [2.45, 2.75) is 56.8 Å². The Kier molecular flexibility index (Phi) is 7.94. The Morgan fingerprint density at radius 2 is 1.65 bits per heavy atom. The van der Waals surface area contributed by atoms with Gasteiger partial charge in [0.05, 0.1) is 11.5 Å². The van der Waals surface area contributed by atoms with Gasteiger partial charge in [0.2, 0.25) is 15.9 Å². The molecule has 6 nitrogen and oxygen atoms in total. The van der Waals surface area contributed by atoms with Crippen LogP contribution in [-0.4, -0.2) is 56.3 Å². The maximum atomic E-state index is 13.5. The smallest absolute Gasteiger partial charge is 0.243 e. The molecule has 0 aromatic heterocycles. The molecule has 2 fully saturated rings. The van der Waals surface area contributed by atoms with E-state index in [0.29, 0.717) is 30.9 Å². The van der Waals surface area contributed by atoms with E-state index in [1.54, 1.807) is 16.4 Å². The van der Waals surface area contributed by atoms with Crippen molar-refractivity contribution < 1.29 is 17.9 Å². The van der Waals surface area contributed by atoms with Crippen LogP contribution in [-0.2, 0) is 21.2 Å². The van der Waals surface area contributed by atoms with Crippen LogP contribution in [0.4, 0.5) is 0 Å². The lowest BCUT2D eigenvalue weighted by Gasteiger charge is -2.42. The van der Waals surface area contributed by atoms with E-state index in [0.717, 1.165) is 56.5 Å². The van der Waals surface area contributed by atoms with Gasteiger partial charge in [-0.3, -0.25) is 4.79 Å². The Morgan fingerprint density at radius 3 is 2.32 bits per heavy atom. The van der Waals surface area contributed by atoms with E-state index in [1.807, 2.05) is 47.4 Å². The summed E-state index contributed by atoms with van der Waals surface area (Å²) in [5.41, 5.74) is 0.550. The predicted octanol–water partition coefficient (Wildman–Crippen LogP) is 4.50. The molecule has 0 spiro atoms. The molecule has 34 heavy (non-hydrogen) atoms. The lowest BCUT2D eigenvalue weighted by atomic mass is 9.78. The number of rotatable bonds is 8. The number of nitrogens with zero attached hydrogens (tertiary/aromatic N) is 2. The summed E-state index contributed by atoms with van der Waals surface area (Å²) in [4.78, 5) is 15.5. The first-order valence-corrected chi connectivity index (χ1v) is 13.9. The number of piperidine rings is 2. The van der Waals surface area contributed by atoms with Gasteiger partial charge in [-0.15, -0.1) is 0 Å². The molecule has 4 rings (SSSR count). The average Bonchev–Trinajstić information content (AvgIpc) is 2.89. The van der Waals surface area contributed by atoms with Crippen molar-refractivity contribution in [3.05, 3.63) is 60.2 Å². The van der Waals surface area contributed by atoms with E-state index in [-0.39, 0.29) is 12.5 Å². The zero-order valence-corrected chi connectivity index (χ0v) is 20.9. The number of likely N-dealkylation sites (tertiary alicyclic amines) is 1. The highest BCUT2D eigenvalue weighted by atomic mass is 32.2. The van der Waals surface area contributed by atoms with Crippen LogP contribution >= 0.6 is 0 Å². The zero-order valence-electron chi connectivity index (χ0n) is 20.1. The quantitative estimate of drug-likeness (QED) is 0.553. The van der Waals surface area contributed by atoms with E-state index >= 15 is 0 Å². The first-order chi connectivity index (χ1) is 16.4. The van der Waals surface area contributed by atoms with Gasteiger partial charge in [-0.1, -0.05) is 37.3 Å². The van der Waals surface area contributed by atoms with Gasteiger partial charge >= 0.3 is 0 Å².